The van der Waals surface area contributed by atoms with E-state index in [9.17, 15) is 10.2 Å². The molecule has 3 nitrogen and oxygen atoms in total. The smallest absolute Gasteiger partial charge is 0.118 e. The molecule has 1 fully saturated rings. The molecule has 20 heavy (non-hydrogen) atoms. The van der Waals surface area contributed by atoms with Crippen LogP contribution in [-0.2, 0) is 6.42 Å². The van der Waals surface area contributed by atoms with Gasteiger partial charge in [0, 0.05) is 0 Å². The highest BCUT2D eigenvalue weighted by atomic mass is 16.5. The van der Waals surface area contributed by atoms with Gasteiger partial charge in [-0.05, 0) is 62.1 Å². The minimum Gasteiger partial charge on any atom is -0.497 e. The molecule has 3 heteroatoms. The summed E-state index contributed by atoms with van der Waals surface area (Å²) in [6.45, 7) is 2.21. The predicted molar refractivity (Wildman–Crippen MR) is 79.9 cm³/mol. The van der Waals surface area contributed by atoms with Crippen molar-refractivity contribution in [2.24, 2.45) is 5.92 Å². The molecule has 0 aliphatic heterocycles. The van der Waals surface area contributed by atoms with Gasteiger partial charge in [0.05, 0.1) is 18.8 Å². The van der Waals surface area contributed by atoms with E-state index in [-0.39, 0.29) is 0 Å². The third kappa shape index (κ3) is 3.74. The van der Waals surface area contributed by atoms with E-state index in [1.54, 1.807) is 7.11 Å². The number of aliphatic hydroxyl groups excluding tert-OH is 1. The Morgan fingerprint density at radius 3 is 2.40 bits per heavy atom. The van der Waals surface area contributed by atoms with Gasteiger partial charge >= 0.3 is 0 Å². The van der Waals surface area contributed by atoms with E-state index in [4.69, 9.17) is 4.74 Å². The van der Waals surface area contributed by atoms with Crippen LogP contribution >= 0.6 is 0 Å². The highest BCUT2D eigenvalue weighted by molar-refractivity contribution is 5.27. The molecule has 1 atom stereocenters. The van der Waals surface area contributed by atoms with Crippen molar-refractivity contribution in [3.8, 4) is 5.75 Å². The predicted octanol–water partition coefficient (Wildman–Crippen LogP) is 2.93. The molecular formula is C17H26O3. The van der Waals surface area contributed by atoms with Gasteiger partial charge in [-0.2, -0.15) is 0 Å². The quantitative estimate of drug-likeness (QED) is 0.870. The lowest BCUT2D eigenvalue weighted by molar-refractivity contribution is -0.105. The Morgan fingerprint density at radius 1 is 1.25 bits per heavy atom. The van der Waals surface area contributed by atoms with Gasteiger partial charge in [0.25, 0.3) is 0 Å². The maximum absolute atomic E-state index is 10.5. The fourth-order valence-corrected chi connectivity index (χ4v) is 2.96. The molecule has 0 spiro atoms. The summed E-state index contributed by atoms with van der Waals surface area (Å²) in [5, 5.41) is 20.9. The van der Waals surface area contributed by atoms with Crippen LogP contribution in [0.25, 0.3) is 0 Å². The lowest BCUT2D eigenvalue weighted by Gasteiger charge is -2.38. The lowest BCUT2D eigenvalue weighted by Crippen LogP contribution is -2.45. The van der Waals surface area contributed by atoms with Gasteiger partial charge in [0.1, 0.15) is 5.75 Å². The van der Waals surface area contributed by atoms with Crippen molar-refractivity contribution in [2.75, 3.05) is 7.11 Å². The maximum Gasteiger partial charge on any atom is 0.118 e. The van der Waals surface area contributed by atoms with Gasteiger partial charge in [0.15, 0.2) is 0 Å². The molecule has 2 N–H and O–H groups in total. The number of hydrogen-bond donors (Lipinski definition) is 2. The van der Waals surface area contributed by atoms with Gasteiger partial charge in [-0.3, -0.25) is 0 Å². The van der Waals surface area contributed by atoms with E-state index < -0.39 is 11.7 Å². The zero-order chi connectivity index (χ0) is 14.6. The van der Waals surface area contributed by atoms with Crippen molar-refractivity contribution >= 4 is 0 Å². The molecule has 112 valence electrons. The highest BCUT2D eigenvalue weighted by Gasteiger charge is 2.38. The topological polar surface area (TPSA) is 49.7 Å². The van der Waals surface area contributed by atoms with Crippen LogP contribution in [-0.4, -0.2) is 29.0 Å². The van der Waals surface area contributed by atoms with E-state index in [1.165, 1.54) is 0 Å². The standard InChI is InChI=1S/C17H26O3/c1-13-9-11-17(19,12-10-13)16(18)8-5-14-3-6-15(20-2)7-4-14/h3-4,6-7,13,16,18-19H,5,8-12H2,1-2H3. The fourth-order valence-electron chi connectivity index (χ4n) is 2.96. The van der Waals surface area contributed by atoms with E-state index in [2.05, 4.69) is 6.92 Å². The molecule has 0 heterocycles. The molecule has 1 saturated carbocycles. The molecule has 1 aliphatic carbocycles. The first-order chi connectivity index (χ1) is 9.53. The van der Waals surface area contributed by atoms with E-state index in [0.717, 1.165) is 43.4 Å². The third-order valence-electron chi connectivity index (χ3n) is 4.63. The van der Waals surface area contributed by atoms with Gasteiger partial charge < -0.3 is 14.9 Å². The van der Waals surface area contributed by atoms with Gasteiger partial charge in [-0.15, -0.1) is 0 Å². The molecule has 1 aromatic carbocycles. The normalized spacial score (nSPS) is 28.1. The highest BCUT2D eigenvalue weighted by Crippen LogP contribution is 2.35. The average molecular weight is 278 g/mol. The van der Waals surface area contributed by atoms with Crippen LogP contribution in [0.5, 0.6) is 5.75 Å². The molecule has 0 saturated heterocycles. The first kappa shape index (κ1) is 15.3. The monoisotopic (exact) mass is 278 g/mol. The summed E-state index contributed by atoms with van der Waals surface area (Å²) in [5.41, 5.74) is 0.288. The zero-order valence-electron chi connectivity index (χ0n) is 12.5. The minimum absolute atomic E-state index is 0.608. The summed E-state index contributed by atoms with van der Waals surface area (Å²) >= 11 is 0. The first-order valence-electron chi connectivity index (χ1n) is 7.57. The summed E-state index contributed by atoms with van der Waals surface area (Å²) in [6, 6.07) is 7.88. The average Bonchev–Trinajstić information content (AvgIpc) is 2.48. The van der Waals surface area contributed by atoms with Crippen LogP contribution in [0, 0.1) is 5.92 Å². The zero-order valence-corrected chi connectivity index (χ0v) is 12.5. The SMILES string of the molecule is COc1ccc(CCC(O)C2(O)CCC(C)CC2)cc1. The third-order valence-corrected chi connectivity index (χ3v) is 4.63. The number of aryl methyl sites for hydroxylation is 1. The Hall–Kier alpha value is -1.06. The summed E-state index contributed by atoms with van der Waals surface area (Å²) in [7, 11) is 1.65. The van der Waals surface area contributed by atoms with E-state index in [0.29, 0.717) is 12.3 Å². The second kappa shape index (κ2) is 6.59. The van der Waals surface area contributed by atoms with Crippen molar-refractivity contribution in [1.29, 1.82) is 0 Å². The molecule has 0 radical (unpaired) electrons. The second-order valence-corrected chi connectivity index (χ2v) is 6.19. The van der Waals surface area contributed by atoms with Crippen LogP contribution < -0.4 is 4.74 Å². The van der Waals surface area contributed by atoms with Gasteiger partial charge in [-0.1, -0.05) is 19.1 Å². The molecule has 1 unspecified atom stereocenters. The number of hydrogen-bond acceptors (Lipinski definition) is 3. The van der Waals surface area contributed by atoms with Crippen LogP contribution in [0.1, 0.15) is 44.6 Å². The molecule has 0 bridgehead atoms. The lowest BCUT2D eigenvalue weighted by atomic mass is 9.75. The van der Waals surface area contributed by atoms with Crippen molar-refractivity contribution in [3.05, 3.63) is 29.8 Å². The van der Waals surface area contributed by atoms with Gasteiger partial charge in [0.2, 0.25) is 0 Å². The molecule has 0 amide bonds. The first-order valence-corrected chi connectivity index (χ1v) is 7.57. The Balaban J connectivity index is 1.86. The van der Waals surface area contributed by atoms with Gasteiger partial charge in [-0.25, -0.2) is 0 Å². The fraction of sp³-hybridized carbons (Fsp3) is 0.647. The summed E-state index contributed by atoms with van der Waals surface area (Å²) in [5.74, 6) is 1.51. The summed E-state index contributed by atoms with van der Waals surface area (Å²) in [4.78, 5) is 0. The molecule has 0 aromatic heterocycles. The Morgan fingerprint density at radius 2 is 1.85 bits per heavy atom. The summed E-state index contributed by atoms with van der Waals surface area (Å²) < 4.78 is 5.13. The Labute approximate surface area is 121 Å². The molecule has 2 rings (SSSR count). The largest absolute Gasteiger partial charge is 0.497 e. The van der Waals surface area contributed by atoms with Crippen molar-refractivity contribution in [2.45, 2.75) is 57.2 Å². The Bertz CT molecular complexity index is 405. The molecule has 1 aliphatic rings. The van der Waals surface area contributed by atoms with Crippen molar-refractivity contribution in [1.82, 2.24) is 0 Å². The number of aliphatic hydroxyl groups is 2. The maximum atomic E-state index is 10.5. The second-order valence-electron chi connectivity index (χ2n) is 6.19. The van der Waals surface area contributed by atoms with Crippen LogP contribution in [0.15, 0.2) is 24.3 Å². The number of rotatable bonds is 5. The minimum atomic E-state index is -0.876. The van der Waals surface area contributed by atoms with Crippen LogP contribution in [0.2, 0.25) is 0 Å². The summed E-state index contributed by atoms with van der Waals surface area (Å²) in [6.07, 6.45) is 4.22. The van der Waals surface area contributed by atoms with E-state index in [1.807, 2.05) is 24.3 Å². The van der Waals surface area contributed by atoms with Crippen molar-refractivity contribution in [3.63, 3.8) is 0 Å². The Kier molecular flexibility index (Phi) is 5.06. The van der Waals surface area contributed by atoms with Crippen molar-refractivity contribution < 1.29 is 14.9 Å². The number of ether oxygens (including phenoxy) is 1. The number of benzene rings is 1. The molecule has 1 aromatic rings. The van der Waals surface area contributed by atoms with Crippen LogP contribution in [0.3, 0.4) is 0 Å². The number of methoxy groups -OCH3 is 1. The van der Waals surface area contributed by atoms with Crippen LogP contribution in [0.4, 0.5) is 0 Å². The molecular weight excluding hydrogens is 252 g/mol. The van der Waals surface area contributed by atoms with E-state index >= 15 is 0 Å².